The zero-order valence-corrected chi connectivity index (χ0v) is 18.6. The van der Waals surface area contributed by atoms with Crippen molar-refractivity contribution in [3.63, 3.8) is 0 Å². The lowest BCUT2D eigenvalue weighted by Crippen LogP contribution is -2.36. The van der Waals surface area contributed by atoms with Crippen molar-refractivity contribution in [1.29, 1.82) is 0 Å². The summed E-state index contributed by atoms with van der Waals surface area (Å²) in [4.78, 5) is 45.6. The highest BCUT2D eigenvalue weighted by atomic mass is 16.6. The Morgan fingerprint density at radius 2 is 1.49 bits per heavy atom. The monoisotopic (exact) mass is 465 g/mol. The molecule has 0 amide bonds. The van der Waals surface area contributed by atoms with Gasteiger partial charge in [-0.3, -0.25) is 19.7 Å². The van der Waals surface area contributed by atoms with Gasteiger partial charge in [-0.05, 0) is 6.07 Å². The molecule has 0 saturated carbocycles. The topological polar surface area (TPSA) is 103 Å². The second-order valence-electron chi connectivity index (χ2n) is 8.49. The lowest BCUT2D eigenvalue weighted by Gasteiger charge is -2.30. The van der Waals surface area contributed by atoms with Crippen molar-refractivity contribution in [2.45, 2.75) is 0 Å². The quantitative estimate of drug-likeness (QED) is 0.287. The standard InChI is InChI=1S/C27H19N3O5/c31-26-17-8-4-5-9-18(17)27(32)24-23(26)22(30(33)34)14-19-21(29-10-12-35-13-11-29)15-20(28-25(19)24)16-6-2-1-3-7-16/h1-9,14-15H,10-13H2. The SMILES string of the molecule is O=C1c2ccccc2C(=O)c2c1c([N+](=O)[O-])cc1c(N3CCOCC3)cc(-c3ccccc3)nc21. The van der Waals surface area contributed by atoms with Crippen LogP contribution in [0.15, 0.2) is 66.7 Å². The van der Waals surface area contributed by atoms with E-state index in [4.69, 9.17) is 9.72 Å². The van der Waals surface area contributed by atoms with E-state index in [1.807, 2.05) is 36.4 Å². The maximum absolute atomic E-state index is 13.7. The molecule has 1 fully saturated rings. The number of rotatable bonds is 3. The lowest BCUT2D eigenvalue weighted by molar-refractivity contribution is -0.385. The fourth-order valence-electron chi connectivity index (χ4n) is 4.90. The molecule has 8 heteroatoms. The van der Waals surface area contributed by atoms with Crippen LogP contribution in [0.5, 0.6) is 0 Å². The van der Waals surface area contributed by atoms with Crippen molar-refractivity contribution in [3.05, 3.63) is 99.1 Å². The average molecular weight is 465 g/mol. The Morgan fingerprint density at radius 3 is 2.14 bits per heavy atom. The number of carbonyl (C=O) groups is 2. The van der Waals surface area contributed by atoms with E-state index < -0.39 is 16.5 Å². The van der Waals surface area contributed by atoms with E-state index in [9.17, 15) is 19.7 Å². The number of nitrogens with zero attached hydrogens (tertiary/aromatic N) is 3. The summed E-state index contributed by atoms with van der Waals surface area (Å²) in [5, 5.41) is 12.6. The molecule has 2 aliphatic rings. The van der Waals surface area contributed by atoms with Gasteiger partial charge in [-0.1, -0.05) is 54.6 Å². The molecule has 1 aliphatic heterocycles. The molecule has 35 heavy (non-hydrogen) atoms. The number of ketones is 2. The molecule has 0 radical (unpaired) electrons. The molecule has 1 aromatic heterocycles. The third-order valence-electron chi connectivity index (χ3n) is 6.55. The Kier molecular flexibility index (Phi) is 4.89. The van der Waals surface area contributed by atoms with E-state index in [0.717, 1.165) is 11.3 Å². The highest BCUT2D eigenvalue weighted by molar-refractivity contribution is 6.33. The number of ether oxygens (including phenoxy) is 1. The molecule has 1 aliphatic carbocycles. The lowest BCUT2D eigenvalue weighted by atomic mass is 9.81. The van der Waals surface area contributed by atoms with Crippen molar-refractivity contribution in [2.75, 3.05) is 31.2 Å². The van der Waals surface area contributed by atoms with Crippen molar-refractivity contribution in [1.82, 2.24) is 4.98 Å². The minimum atomic E-state index is -0.592. The maximum Gasteiger partial charge on any atom is 0.282 e. The summed E-state index contributed by atoms with van der Waals surface area (Å²) in [5.74, 6) is -0.974. The van der Waals surface area contributed by atoms with Crippen molar-refractivity contribution in [3.8, 4) is 11.3 Å². The van der Waals surface area contributed by atoms with Crippen LogP contribution in [-0.4, -0.2) is 47.8 Å². The predicted molar refractivity (Wildman–Crippen MR) is 130 cm³/mol. The van der Waals surface area contributed by atoms with Crippen LogP contribution in [0.4, 0.5) is 11.4 Å². The molecule has 0 spiro atoms. The molecule has 4 aromatic rings. The molecule has 6 rings (SSSR count). The number of anilines is 1. The van der Waals surface area contributed by atoms with Gasteiger partial charge in [-0.25, -0.2) is 4.98 Å². The molecule has 1 saturated heterocycles. The zero-order chi connectivity index (χ0) is 24.1. The first-order valence-corrected chi connectivity index (χ1v) is 11.3. The summed E-state index contributed by atoms with van der Waals surface area (Å²) in [6, 6.07) is 19.2. The van der Waals surface area contributed by atoms with Crippen LogP contribution in [-0.2, 0) is 4.74 Å². The van der Waals surface area contributed by atoms with E-state index >= 15 is 0 Å². The number of aromatic nitrogens is 1. The van der Waals surface area contributed by atoms with Crippen LogP contribution in [0.1, 0.15) is 31.8 Å². The summed E-state index contributed by atoms with van der Waals surface area (Å²) in [6.45, 7) is 2.21. The van der Waals surface area contributed by atoms with Crippen LogP contribution in [0.25, 0.3) is 22.2 Å². The smallest absolute Gasteiger partial charge is 0.282 e. The van der Waals surface area contributed by atoms with E-state index in [1.165, 1.54) is 12.1 Å². The van der Waals surface area contributed by atoms with E-state index in [2.05, 4.69) is 4.90 Å². The Morgan fingerprint density at radius 1 is 0.857 bits per heavy atom. The van der Waals surface area contributed by atoms with E-state index in [0.29, 0.717) is 42.9 Å². The number of benzene rings is 3. The van der Waals surface area contributed by atoms with Crippen molar-refractivity contribution < 1.29 is 19.2 Å². The summed E-state index contributed by atoms with van der Waals surface area (Å²) in [7, 11) is 0. The number of carbonyl (C=O) groups excluding carboxylic acids is 2. The van der Waals surface area contributed by atoms with Gasteiger partial charge in [-0.15, -0.1) is 0 Å². The third-order valence-corrected chi connectivity index (χ3v) is 6.55. The summed E-state index contributed by atoms with van der Waals surface area (Å²) in [6.07, 6.45) is 0. The van der Waals surface area contributed by atoms with Gasteiger partial charge in [-0.2, -0.15) is 0 Å². The van der Waals surface area contributed by atoms with Gasteiger partial charge in [0.1, 0.15) is 5.56 Å². The van der Waals surface area contributed by atoms with Gasteiger partial charge in [0.25, 0.3) is 5.69 Å². The molecule has 0 bridgehead atoms. The number of nitro groups is 1. The molecule has 8 nitrogen and oxygen atoms in total. The molecular formula is C27H19N3O5. The number of morpholine rings is 1. The number of hydrogen-bond acceptors (Lipinski definition) is 7. The summed E-state index contributed by atoms with van der Waals surface area (Å²) < 4.78 is 5.51. The Balaban J connectivity index is 1.73. The number of fused-ring (bicyclic) bond motifs is 4. The highest BCUT2D eigenvalue weighted by Crippen LogP contribution is 2.42. The molecule has 172 valence electrons. The van der Waals surface area contributed by atoms with Crippen molar-refractivity contribution >= 4 is 33.8 Å². The maximum atomic E-state index is 13.7. The molecule has 0 atom stereocenters. The average Bonchev–Trinajstić information content (AvgIpc) is 2.91. The van der Waals surface area contributed by atoms with Crippen molar-refractivity contribution in [2.24, 2.45) is 0 Å². The molecular weight excluding hydrogens is 446 g/mol. The van der Waals surface area contributed by atoms with Crippen LogP contribution in [0, 0.1) is 10.1 Å². The highest BCUT2D eigenvalue weighted by Gasteiger charge is 2.38. The molecule has 0 unspecified atom stereocenters. The van der Waals surface area contributed by atoms with E-state index in [-0.39, 0.29) is 27.9 Å². The first kappa shape index (κ1) is 21.1. The summed E-state index contributed by atoms with van der Waals surface area (Å²) >= 11 is 0. The number of hydrogen-bond donors (Lipinski definition) is 0. The van der Waals surface area contributed by atoms with E-state index in [1.54, 1.807) is 18.2 Å². The van der Waals surface area contributed by atoms with Crippen LogP contribution in [0.2, 0.25) is 0 Å². The van der Waals surface area contributed by atoms with Gasteiger partial charge in [0, 0.05) is 46.9 Å². The van der Waals surface area contributed by atoms with Gasteiger partial charge < -0.3 is 9.64 Å². The minimum absolute atomic E-state index is 0.00908. The zero-order valence-electron chi connectivity index (χ0n) is 18.6. The Bertz CT molecular complexity index is 1540. The Labute approximate surface area is 199 Å². The predicted octanol–water partition coefficient (Wildman–Crippen LogP) is 4.42. The second-order valence-corrected chi connectivity index (χ2v) is 8.49. The number of pyridine rings is 1. The fourth-order valence-corrected chi connectivity index (χ4v) is 4.90. The molecule has 0 N–H and O–H groups in total. The van der Waals surface area contributed by atoms with Crippen LogP contribution < -0.4 is 4.90 Å². The van der Waals surface area contributed by atoms with Crippen LogP contribution in [0.3, 0.4) is 0 Å². The van der Waals surface area contributed by atoms with Gasteiger partial charge in [0.05, 0.1) is 34.9 Å². The first-order chi connectivity index (χ1) is 17.0. The van der Waals surface area contributed by atoms with Gasteiger partial charge in [0.15, 0.2) is 5.78 Å². The Hall–Kier alpha value is -4.43. The number of nitro benzene ring substituents is 1. The first-order valence-electron chi connectivity index (χ1n) is 11.3. The largest absolute Gasteiger partial charge is 0.378 e. The third kappa shape index (κ3) is 3.30. The molecule has 2 heterocycles. The second kappa shape index (κ2) is 8.11. The van der Waals surface area contributed by atoms with Crippen LogP contribution >= 0.6 is 0 Å². The van der Waals surface area contributed by atoms with Gasteiger partial charge in [0.2, 0.25) is 5.78 Å². The summed E-state index contributed by atoms with van der Waals surface area (Å²) in [5.41, 5.74) is 2.28. The molecule has 3 aromatic carbocycles. The minimum Gasteiger partial charge on any atom is -0.378 e. The van der Waals surface area contributed by atoms with Gasteiger partial charge >= 0.3 is 0 Å². The fraction of sp³-hybridized carbons (Fsp3) is 0.148. The normalized spacial score (nSPS) is 15.1.